The second kappa shape index (κ2) is 7.44. The van der Waals surface area contributed by atoms with Crippen LogP contribution in [0.1, 0.15) is 24.8 Å². The number of anilines is 2. The van der Waals surface area contributed by atoms with Gasteiger partial charge in [-0.05, 0) is 55.9 Å². The number of rotatable bonds is 4. The van der Waals surface area contributed by atoms with E-state index >= 15 is 0 Å². The van der Waals surface area contributed by atoms with Gasteiger partial charge in [-0.1, -0.05) is 6.07 Å². The highest BCUT2D eigenvalue weighted by molar-refractivity contribution is 5.98. The molecule has 1 aliphatic carbocycles. The van der Waals surface area contributed by atoms with E-state index in [-0.39, 0.29) is 11.9 Å². The Bertz CT molecular complexity index is 1070. The van der Waals surface area contributed by atoms with E-state index in [0.717, 1.165) is 48.6 Å². The molecular formula is C22H21FN6O. The smallest absolute Gasteiger partial charge is 0.247 e. The van der Waals surface area contributed by atoms with Crippen LogP contribution in [-0.2, 0) is 4.79 Å². The molecule has 3 atom stereocenters. The Balaban J connectivity index is 1.40. The lowest BCUT2D eigenvalue weighted by atomic mass is 9.80. The van der Waals surface area contributed by atoms with Gasteiger partial charge in [-0.25, -0.2) is 24.3 Å². The Morgan fingerprint density at radius 2 is 2.00 bits per heavy atom. The summed E-state index contributed by atoms with van der Waals surface area (Å²) in [5.74, 6) is 1.20. The van der Waals surface area contributed by atoms with Gasteiger partial charge in [-0.15, -0.1) is 0 Å². The van der Waals surface area contributed by atoms with Gasteiger partial charge in [0.05, 0.1) is 12.4 Å². The fraction of sp³-hybridized carbons (Fsp3) is 0.318. The summed E-state index contributed by atoms with van der Waals surface area (Å²) in [5, 5.41) is 3.05. The zero-order chi connectivity index (χ0) is 20.7. The normalized spacial score (nSPS) is 22.3. The Morgan fingerprint density at radius 1 is 1.17 bits per heavy atom. The molecule has 2 fully saturated rings. The van der Waals surface area contributed by atoms with E-state index in [1.54, 1.807) is 6.20 Å². The van der Waals surface area contributed by atoms with Crippen molar-refractivity contribution in [2.75, 3.05) is 10.2 Å². The Hall–Kier alpha value is -3.42. The summed E-state index contributed by atoms with van der Waals surface area (Å²) in [7, 11) is 0. The molecule has 0 spiro atoms. The quantitative estimate of drug-likeness (QED) is 0.718. The van der Waals surface area contributed by atoms with Gasteiger partial charge in [0.2, 0.25) is 5.91 Å². The number of carbonyl (C=O) groups is 1. The monoisotopic (exact) mass is 404 g/mol. The zero-order valence-corrected chi connectivity index (χ0v) is 16.5. The number of aryl methyl sites for hydroxylation is 1. The summed E-state index contributed by atoms with van der Waals surface area (Å²) < 4.78 is 13.2. The minimum absolute atomic E-state index is 0.0576. The highest BCUT2D eigenvalue weighted by Crippen LogP contribution is 2.45. The van der Waals surface area contributed by atoms with Crippen LogP contribution in [0.3, 0.4) is 0 Å². The van der Waals surface area contributed by atoms with Gasteiger partial charge in [0.25, 0.3) is 0 Å². The van der Waals surface area contributed by atoms with Crippen LogP contribution >= 0.6 is 0 Å². The van der Waals surface area contributed by atoms with Crippen molar-refractivity contribution in [3.63, 3.8) is 0 Å². The minimum Gasteiger partial charge on any atom is -0.341 e. The predicted octanol–water partition coefficient (Wildman–Crippen LogP) is 3.38. The van der Waals surface area contributed by atoms with Crippen molar-refractivity contribution >= 4 is 17.4 Å². The molecule has 7 nitrogen and oxygen atoms in total. The molecule has 2 aliphatic rings. The summed E-state index contributed by atoms with van der Waals surface area (Å²) >= 11 is 0. The van der Waals surface area contributed by atoms with Gasteiger partial charge in [0, 0.05) is 23.5 Å². The average Bonchev–Trinajstić information content (AvgIpc) is 3.01. The number of nitrogens with zero attached hydrogens (tertiary/aromatic N) is 5. The van der Waals surface area contributed by atoms with E-state index in [1.165, 1.54) is 6.33 Å². The van der Waals surface area contributed by atoms with Crippen molar-refractivity contribution in [3.8, 4) is 11.4 Å². The predicted molar refractivity (Wildman–Crippen MR) is 110 cm³/mol. The van der Waals surface area contributed by atoms with Crippen LogP contribution in [-0.4, -0.2) is 37.9 Å². The number of fused-ring (bicyclic) bond motifs is 1. The number of halogens is 1. The molecule has 3 aromatic rings. The molecule has 30 heavy (non-hydrogen) atoms. The van der Waals surface area contributed by atoms with Crippen LogP contribution in [0.15, 0.2) is 49.2 Å². The molecule has 1 aliphatic heterocycles. The molecule has 0 radical (unpaired) electrons. The number of nitrogens with one attached hydrogen (secondary N) is 1. The molecule has 5 rings (SSSR count). The molecule has 8 heteroatoms. The molecule has 1 amide bonds. The van der Waals surface area contributed by atoms with E-state index in [1.807, 2.05) is 31.2 Å². The molecule has 0 bridgehead atoms. The van der Waals surface area contributed by atoms with Crippen molar-refractivity contribution in [2.45, 2.75) is 38.3 Å². The van der Waals surface area contributed by atoms with E-state index in [4.69, 9.17) is 0 Å². The molecule has 1 aromatic carbocycles. The van der Waals surface area contributed by atoms with E-state index in [2.05, 4.69) is 30.2 Å². The maximum atomic E-state index is 13.2. The number of hydrogen-bond acceptors (Lipinski definition) is 6. The largest absolute Gasteiger partial charge is 0.341 e. The van der Waals surface area contributed by atoms with Gasteiger partial charge in [0.15, 0.2) is 11.6 Å². The standard InChI is InChI=1S/C22H21FN6O/c1-13-2-4-16(9-17(13)21-25-10-15(23)11-26-21)28-22(30)19-8-14-3-5-18(14)29(19)20-6-7-24-12-27-20/h2,4,6-7,9-12,14,18-19H,3,5,8H2,1H3,(H,28,30)/t14-,18-,19+/m0/s1. The first-order valence-electron chi connectivity index (χ1n) is 10.0. The molecule has 152 valence electrons. The molecule has 1 saturated carbocycles. The number of aromatic nitrogens is 4. The third-order valence-corrected chi connectivity index (χ3v) is 6.10. The Labute approximate surface area is 173 Å². The Morgan fingerprint density at radius 3 is 2.70 bits per heavy atom. The summed E-state index contributed by atoms with van der Waals surface area (Å²) in [5.41, 5.74) is 2.36. The van der Waals surface area contributed by atoms with Crippen LogP contribution in [0.2, 0.25) is 0 Å². The molecule has 3 heterocycles. The highest BCUT2D eigenvalue weighted by Gasteiger charge is 2.49. The lowest BCUT2D eigenvalue weighted by molar-refractivity contribution is -0.117. The third-order valence-electron chi connectivity index (χ3n) is 6.10. The van der Waals surface area contributed by atoms with Gasteiger partial charge in [0.1, 0.15) is 18.2 Å². The van der Waals surface area contributed by atoms with Crippen LogP contribution in [0, 0.1) is 18.7 Å². The summed E-state index contributed by atoms with van der Waals surface area (Å²) in [6.07, 6.45) is 8.55. The van der Waals surface area contributed by atoms with Crippen LogP contribution in [0.4, 0.5) is 15.9 Å². The number of amides is 1. The lowest BCUT2D eigenvalue weighted by Crippen LogP contribution is -2.46. The topological polar surface area (TPSA) is 83.9 Å². The van der Waals surface area contributed by atoms with Crippen molar-refractivity contribution < 1.29 is 9.18 Å². The molecule has 1 saturated heterocycles. The number of hydrogen-bond donors (Lipinski definition) is 1. The number of carbonyl (C=O) groups excluding carboxylic acids is 1. The first-order chi connectivity index (χ1) is 14.6. The van der Waals surface area contributed by atoms with Crippen molar-refractivity contribution in [2.24, 2.45) is 5.92 Å². The van der Waals surface area contributed by atoms with Gasteiger partial charge < -0.3 is 10.2 Å². The molecule has 2 aromatic heterocycles. The van der Waals surface area contributed by atoms with E-state index in [0.29, 0.717) is 23.5 Å². The van der Waals surface area contributed by atoms with Crippen LogP contribution < -0.4 is 10.2 Å². The Kier molecular flexibility index (Phi) is 4.61. The van der Waals surface area contributed by atoms with Crippen molar-refractivity contribution in [3.05, 3.63) is 60.6 Å². The minimum atomic E-state index is -0.485. The fourth-order valence-electron chi connectivity index (χ4n) is 4.44. The van der Waals surface area contributed by atoms with Crippen LogP contribution in [0.5, 0.6) is 0 Å². The molecular weight excluding hydrogens is 383 g/mol. The zero-order valence-electron chi connectivity index (χ0n) is 16.5. The highest BCUT2D eigenvalue weighted by atomic mass is 19.1. The maximum absolute atomic E-state index is 13.2. The van der Waals surface area contributed by atoms with Gasteiger partial charge >= 0.3 is 0 Å². The second-order valence-electron chi connectivity index (χ2n) is 7.87. The number of benzene rings is 1. The summed E-state index contributed by atoms with van der Waals surface area (Å²) in [6.45, 7) is 1.93. The first-order valence-corrected chi connectivity index (χ1v) is 10.0. The third kappa shape index (κ3) is 3.28. The maximum Gasteiger partial charge on any atom is 0.247 e. The van der Waals surface area contributed by atoms with Crippen LogP contribution in [0.25, 0.3) is 11.4 Å². The van der Waals surface area contributed by atoms with Gasteiger partial charge in [-0.3, -0.25) is 4.79 Å². The summed E-state index contributed by atoms with van der Waals surface area (Å²) in [4.78, 5) is 31.9. The first kappa shape index (κ1) is 18.6. The van der Waals surface area contributed by atoms with Crippen molar-refractivity contribution in [1.82, 2.24) is 19.9 Å². The SMILES string of the molecule is Cc1ccc(NC(=O)[C@H]2C[C@@H]3CC[C@@H]3N2c2ccncn2)cc1-c1ncc(F)cn1. The fourth-order valence-corrected chi connectivity index (χ4v) is 4.44. The van der Waals surface area contributed by atoms with Crippen molar-refractivity contribution in [1.29, 1.82) is 0 Å². The van der Waals surface area contributed by atoms with E-state index < -0.39 is 5.82 Å². The second-order valence-corrected chi connectivity index (χ2v) is 7.87. The molecule has 1 N–H and O–H groups in total. The lowest BCUT2D eigenvalue weighted by Gasteiger charge is -2.37. The molecule has 0 unspecified atom stereocenters. The van der Waals surface area contributed by atoms with Gasteiger partial charge in [-0.2, -0.15) is 0 Å². The summed E-state index contributed by atoms with van der Waals surface area (Å²) in [6, 6.07) is 7.54. The van der Waals surface area contributed by atoms with E-state index in [9.17, 15) is 9.18 Å². The average molecular weight is 404 g/mol.